The second kappa shape index (κ2) is 4.29. The Morgan fingerprint density at radius 2 is 2.21 bits per heavy atom. The van der Waals surface area contributed by atoms with Crippen molar-refractivity contribution in [1.29, 1.82) is 5.26 Å². The number of nitrogens with one attached hydrogen (secondary N) is 1. The minimum Gasteiger partial charge on any atom is -0.340 e. The molecule has 0 unspecified atom stereocenters. The first-order valence-corrected chi connectivity index (χ1v) is 6.49. The highest BCUT2D eigenvalue weighted by atomic mass is 35.5. The van der Waals surface area contributed by atoms with Crippen LogP contribution in [0.1, 0.15) is 18.4 Å². The smallest absolute Gasteiger partial charge is 0.128 e. The number of nitriles is 1. The summed E-state index contributed by atoms with van der Waals surface area (Å²) in [5.74, 6) is 0.872. The van der Waals surface area contributed by atoms with Gasteiger partial charge in [0, 0.05) is 23.8 Å². The SMILES string of the molecule is Cn1nccc1Nc1cc(Cl)ccc1C1(C#N)CC1. The summed E-state index contributed by atoms with van der Waals surface area (Å²) in [7, 11) is 1.86. The van der Waals surface area contributed by atoms with E-state index in [1.807, 2.05) is 31.3 Å². The molecule has 0 spiro atoms. The van der Waals surface area contributed by atoms with Crippen LogP contribution in [0.25, 0.3) is 0 Å². The van der Waals surface area contributed by atoms with Crippen molar-refractivity contribution in [3.8, 4) is 6.07 Å². The molecule has 1 heterocycles. The van der Waals surface area contributed by atoms with Crippen molar-refractivity contribution < 1.29 is 0 Å². The Morgan fingerprint density at radius 3 is 2.79 bits per heavy atom. The maximum atomic E-state index is 9.36. The molecule has 0 bridgehead atoms. The summed E-state index contributed by atoms with van der Waals surface area (Å²) in [6.07, 6.45) is 3.54. The number of hydrogen-bond acceptors (Lipinski definition) is 3. The Bertz CT molecular complexity index is 664. The topological polar surface area (TPSA) is 53.6 Å². The van der Waals surface area contributed by atoms with Crippen LogP contribution < -0.4 is 5.32 Å². The summed E-state index contributed by atoms with van der Waals surface area (Å²) >= 11 is 6.07. The molecule has 1 aromatic carbocycles. The van der Waals surface area contributed by atoms with Crippen LogP contribution in [0.4, 0.5) is 11.5 Å². The molecular formula is C14H13ClN4. The van der Waals surface area contributed by atoms with Crippen molar-refractivity contribution >= 4 is 23.1 Å². The first-order chi connectivity index (χ1) is 9.14. The molecule has 0 amide bonds. The Kier molecular flexibility index (Phi) is 2.72. The van der Waals surface area contributed by atoms with Gasteiger partial charge in [-0.1, -0.05) is 17.7 Å². The molecule has 1 aliphatic carbocycles. The zero-order valence-electron chi connectivity index (χ0n) is 10.5. The third-order valence-corrected chi connectivity index (χ3v) is 3.78. The normalized spacial score (nSPS) is 15.8. The fourth-order valence-corrected chi connectivity index (χ4v) is 2.41. The monoisotopic (exact) mass is 272 g/mol. The van der Waals surface area contributed by atoms with Crippen LogP contribution in [0.2, 0.25) is 5.02 Å². The molecule has 0 saturated heterocycles. The predicted octanol–water partition coefficient (Wildman–Crippen LogP) is 3.37. The highest BCUT2D eigenvalue weighted by molar-refractivity contribution is 6.30. The van der Waals surface area contributed by atoms with Crippen LogP contribution >= 0.6 is 11.6 Å². The maximum absolute atomic E-state index is 9.36. The van der Waals surface area contributed by atoms with Gasteiger partial charge in [-0.2, -0.15) is 10.4 Å². The highest BCUT2D eigenvalue weighted by Crippen LogP contribution is 2.50. The van der Waals surface area contributed by atoms with Gasteiger partial charge in [0.25, 0.3) is 0 Å². The van der Waals surface area contributed by atoms with E-state index in [2.05, 4.69) is 16.5 Å². The molecule has 5 heteroatoms. The summed E-state index contributed by atoms with van der Waals surface area (Å²) in [6.45, 7) is 0. The third-order valence-electron chi connectivity index (χ3n) is 3.54. The third kappa shape index (κ3) is 2.06. The van der Waals surface area contributed by atoms with Gasteiger partial charge < -0.3 is 5.32 Å². The number of aromatic nitrogens is 2. The van der Waals surface area contributed by atoms with Crippen molar-refractivity contribution in [3.63, 3.8) is 0 Å². The number of halogens is 1. The fourth-order valence-electron chi connectivity index (χ4n) is 2.24. The number of nitrogens with zero attached hydrogens (tertiary/aromatic N) is 3. The quantitative estimate of drug-likeness (QED) is 0.932. The molecule has 1 N–H and O–H groups in total. The standard InChI is InChI=1S/C14H13ClN4/c1-19-13(4-7-17-19)18-12-8-10(15)2-3-11(12)14(9-16)5-6-14/h2-4,7-8,18H,5-6H2,1H3. The molecule has 1 saturated carbocycles. The number of aryl methyl sites for hydroxylation is 1. The summed E-state index contributed by atoms with van der Waals surface area (Å²) in [5, 5.41) is 17.4. The van der Waals surface area contributed by atoms with Gasteiger partial charge in [-0.05, 0) is 30.5 Å². The van der Waals surface area contributed by atoms with Crippen LogP contribution in [0, 0.1) is 11.3 Å². The van der Waals surface area contributed by atoms with E-state index in [0.29, 0.717) is 5.02 Å². The minimum atomic E-state index is -0.342. The Morgan fingerprint density at radius 1 is 1.42 bits per heavy atom. The number of benzene rings is 1. The van der Waals surface area contributed by atoms with E-state index in [1.165, 1.54) is 0 Å². The average molecular weight is 273 g/mol. The van der Waals surface area contributed by atoms with E-state index in [0.717, 1.165) is 29.9 Å². The molecule has 1 aliphatic rings. The summed E-state index contributed by atoms with van der Waals surface area (Å²) < 4.78 is 1.75. The Hall–Kier alpha value is -1.99. The lowest BCUT2D eigenvalue weighted by Gasteiger charge is -2.15. The second-order valence-electron chi connectivity index (χ2n) is 4.85. The molecule has 96 valence electrons. The van der Waals surface area contributed by atoms with Crippen LogP contribution in [-0.4, -0.2) is 9.78 Å². The lowest BCUT2D eigenvalue weighted by atomic mass is 9.96. The number of hydrogen-bond donors (Lipinski definition) is 1. The average Bonchev–Trinajstić information content (AvgIpc) is 3.09. The van der Waals surface area contributed by atoms with Gasteiger partial charge in [-0.15, -0.1) is 0 Å². The zero-order chi connectivity index (χ0) is 13.5. The number of rotatable bonds is 3. The van der Waals surface area contributed by atoms with Crippen LogP contribution in [0.3, 0.4) is 0 Å². The summed E-state index contributed by atoms with van der Waals surface area (Å²) in [5.41, 5.74) is 1.56. The van der Waals surface area contributed by atoms with Crippen molar-refractivity contribution in [2.75, 3.05) is 5.32 Å². The first-order valence-electron chi connectivity index (χ1n) is 6.11. The maximum Gasteiger partial charge on any atom is 0.128 e. The van der Waals surface area contributed by atoms with Gasteiger partial charge >= 0.3 is 0 Å². The first kappa shape index (κ1) is 12.1. The van der Waals surface area contributed by atoms with Gasteiger partial charge in [-0.3, -0.25) is 4.68 Å². The molecule has 3 rings (SSSR count). The van der Waals surface area contributed by atoms with Crippen molar-refractivity contribution in [2.24, 2.45) is 7.05 Å². The van der Waals surface area contributed by atoms with Gasteiger partial charge in [0.2, 0.25) is 0 Å². The molecule has 1 aromatic heterocycles. The fraction of sp³-hybridized carbons (Fsp3) is 0.286. The van der Waals surface area contributed by atoms with Crippen LogP contribution in [0.15, 0.2) is 30.5 Å². The van der Waals surface area contributed by atoms with Crippen molar-refractivity contribution in [1.82, 2.24) is 9.78 Å². The molecular weight excluding hydrogens is 260 g/mol. The van der Waals surface area contributed by atoms with Crippen LogP contribution in [0.5, 0.6) is 0 Å². The predicted molar refractivity (Wildman–Crippen MR) is 74.5 cm³/mol. The summed E-state index contributed by atoms with van der Waals surface area (Å²) in [4.78, 5) is 0. The lowest BCUT2D eigenvalue weighted by Crippen LogP contribution is -2.08. The van der Waals surface area contributed by atoms with E-state index in [1.54, 1.807) is 10.9 Å². The lowest BCUT2D eigenvalue weighted by molar-refractivity contribution is 0.776. The molecule has 1 fully saturated rings. The van der Waals surface area contributed by atoms with E-state index in [-0.39, 0.29) is 5.41 Å². The Balaban J connectivity index is 2.03. The highest BCUT2D eigenvalue weighted by Gasteiger charge is 2.46. The van der Waals surface area contributed by atoms with E-state index >= 15 is 0 Å². The molecule has 0 atom stereocenters. The van der Waals surface area contributed by atoms with Gasteiger partial charge in [-0.25, -0.2) is 0 Å². The molecule has 4 nitrogen and oxygen atoms in total. The van der Waals surface area contributed by atoms with E-state index < -0.39 is 0 Å². The second-order valence-corrected chi connectivity index (χ2v) is 5.29. The molecule has 2 aromatic rings. The van der Waals surface area contributed by atoms with E-state index in [9.17, 15) is 5.26 Å². The molecule has 0 aliphatic heterocycles. The van der Waals surface area contributed by atoms with Gasteiger partial charge in [0.15, 0.2) is 0 Å². The molecule has 19 heavy (non-hydrogen) atoms. The van der Waals surface area contributed by atoms with Crippen LogP contribution in [-0.2, 0) is 12.5 Å². The zero-order valence-corrected chi connectivity index (χ0v) is 11.3. The largest absolute Gasteiger partial charge is 0.340 e. The number of anilines is 2. The minimum absolute atomic E-state index is 0.342. The summed E-state index contributed by atoms with van der Waals surface area (Å²) in [6, 6.07) is 9.94. The van der Waals surface area contributed by atoms with E-state index in [4.69, 9.17) is 11.6 Å². The van der Waals surface area contributed by atoms with Crippen molar-refractivity contribution in [2.45, 2.75) is 18.3 Å². The van der Waals surface area contributed by atoms with Gasteiger partial charge in [0.05, 0.1) is 17.7 Å². The Labute approximate surface area is 116 Å². The van der Waals surface area contributed by atoms with Gasteiger partial charge in [0.1, 0.15) is 5.82 Å². The molecule has 0 radical (unpaired) electrons. The van der Waals surface area contributed by atoms with Crippen molar-refractivity contribution in [3.05, 3.63) is 41.0 Å².